The van der Waals surface area contributed by atoms with Crippen LogP contribution in [-0.4, -0.2) is 100 Å². The number of aliphatic hydroxyl groups excluding tert-OH is 1. The Morgan fingerprint density at radius 1 is 0.397 bits per heavy atom. The minimum Gasteiger partial charge on any atom is -0.434 e. The topological polar surface area (TPSA) is 113 Å². The Balaban J connectivity index is 4.59. The monoisotopic (exact) mass is 830 g/mol. The Bertz CT molecular complexity index is 790. The fourth-order valence-electron chi connectivity index (χ4n) is 7.22. The average molecular weight is 830 g/mol. The molecule has 0 saturated heterocycles. The molecule has 0 aromatic heterocycles. The molecule has 1 N–H and O–H groups in total. The highest BCUT2D eigenvalue weighted by molar-refractivity contribution is 5.60. The first-order valence-electron chi connectivity index (χ1n) is 24.7. The van der Waals surface area contributed by atoms with E-state index in [0.717, 1.165) is 110 Å². The lowest BCUT2D eigenvalue weighted by atomic mass is 10.0. The van der Waals surface area contributed by atoms with Crippen LogP contribution in [0.1, 0.15) is 220 Å². The second-order valence-electron chi connectivity index (χ2n) is 16.4. The van der Waals surface area contributed by atoms with Crippen LogP contribution < -0.4 is 0 Å². The van der Waals surface area contributed by atoms with Crippen LogP contribution in [0.25, 0.3) is 0 Å². The van der Waals surface area contributed by atoms with Gasteiger partial charge >= 0.3 is 12.3 Å². The summed E-state index contributed by atoms with van der Waals surface area (Å²) in [6.07, 6.45) is 32.4. The molecule has 0 aliphatic carbocycles. The molecule has 2 unspecified atom stereocenters. The Morgan fingerprint density at radius 2 is 0.741 bits per heavy atom. The van der Waals surface area contributed by atoms with Crippen molar-refractivity contribution in [1.82, 2.24) is 4.90 Å². The van der Waals surface area contributed by atoms with E-state index in [4.69, 9.17) is 33.5 Å². The Hall–Kier alpha value is -1.62. The third-order valence-electron chi connectivity index (χ3n) is 10.9. The number of hydrogen-bond acceptors (Lipinski definition) is 10. The van der Waals surface area contributed by atoms with Crippen molar-refractivity contribution in [2.45, 2.75) is 233 Å². The molecule has 10 nitrogen and oxygen atoms in total. The highest BCUT2D eigenvalue weighted by atomic mass is 16.7. The van der Waals surface area contributed by atoms with Crippen LogP contribution in [0.15, 0.2) is 0 Å². The second-order valence-corrected chi connectivity index (χ2v) is 16.4. The van der Waals surface area contributed by atoms with Gasteiger partial charge in [0.15, 0.2) is 0 Å². The van der Waals surface area contributed by atoms with Gasteiger partial charge in [0.1, 0.15) is 12.2 Å². The normalized spacial score (nSPS) is 12.5. The number of carbonyl (C=O) groups excluding carboxylic acids is 2. The van der Waals surface area contributed by atoms with Crippen molar-refractivity contribution < 1.29 is 43.1 Å². The lowest BCUT2D eigenvalue weighted by Crippen LogP contribution is -2.30. The summed E-state index contributed by atoms with van der Waals surface area (Å²) < 4.78 is 33.7. The van der Waals surface area contributed by atoms with Crippen molar-refractivity contribution in [1.29, 1.82) is 0 Å². The van der Waals surface area contributed by atoms with Gasteiger partial charge in [-0.05, 0) is 103 Å². The molecule has 0 heterocycles. The maximum Gasteiger partial charge on any atom is 0.508 e. The van der Waals surface area contributed by atoms with Gasteiger partial charge in [-0.25, -0.2) is 9.59 Å². The van der Waals surface area contributed by atoms with Crippen molar-refractivity contribution in [3.8, 4) is 0 Å². The van der Waals surface area contributed by atoms with Crippen LogP contribution in [0.3, 0.4) is 0 Å². The molecule has 10 heteroatoms. The van der Waals surface area contributed by atoms with Crippen molar-refractivity contribution >= 4 is 12.3 Å². The van der Waals surface area contributed by atoms with E-state index in [-0.39, 0.29) is 18.8 Å². The van der Waals surface area contributed by atoms with Gasteiger partial charge in [-0.15, -0.1) is 0 Å². The maximum absolute atomic E-state index is 12.6. The predicted octanol–water partition coefficient (Wildman–Crippen LogP) is 13.1. The van der Waals surface area contributed by atoms with E-state index in [0.29, 0.717) is 39.6 Å². The highest BCUT2D eigenvalue weighted by Gasteiger charge is 2.17. The number of carbonyl (C=O) groups is 2. The van der Waals surface area contributed by atoms with Crippen molar-refractivity contribution in [2.75, 3.05) is 65.9 Å². The summed E-state index contributed by atoms with van der Waals surface area (Å²) in [7, 11) is 0. The number of rotatable bonds is 46. The largest absolute Gasteiger partial charge is 0.508 e. The highest BCUT2D eigenvalue weighted by Crippen LogP contribution is 2.19. The molecule has 0 fully saturated rings. The Morgan fingerprint density at radius 3 is 1.14 bits per heavy atom. The molecule has 0 aliphatic heterocycles. The SMILES string of the molecule is CCCCCCCCC(CCCCCC)OC(=O)OCCCCCN(CCCCCOC(=O)OC(CCCCCC)CCCCCCCC)CCOCCOCCO. The molecule has 0 spiro atoms. The molecule has 0 bridgehead atoms. The summed E-state index contributed by atoms with van der Waals surface area (Å²) in [6.45, 7) is 14.3. The molecule has 2 atom stereocenters. The first-order chi connectivity index (χ1) is 28.5. The van der Waals surface area contributed by atoms with Gasteiger partial charge < -0.3 is 38.4 Å². The molecule has 0 amide bonds. The van der Waals surface area contributed by atoms with Gasteiger partial charge in [0.2, 0.25) is 0 Å². The third-order valence-corrected chi connectivity index (χ3v) is 10.9. The van der Waals surface area contributed by atoms with E-state index < -0.39 is 12.3 Å². The number of aliphatic hydroxyl groups is 1. The molecule has 0 radical (unpaired) electrons. The summed E-state index contributed by atoms with van der Waals surface area (Å²) in [4.78, 5) is 27.6. The molecule has 0 rings (SSSR count). The van der Waals surface area contributed by atoms with E-state index >= 15 is 0 Å². The van der Waals surface area contributed by atoms with E-state index in [9.17, 15) is 9.59 Å². The van der Waals surface area contributed by atoms with Gasteiger partial charge in [-0.2, -0.15) is 0 Å². The summed E-state index contributed by atoms with van der Waals surface area (Å²) >= 11 is 0. The lowest BCUT2D eigenvalue weighted by molar-refractivity contribution is 0.0146. The van der Waals surface area contributed by atoms with E-state index in [1.807, 2.05) is 0 Å². The van der Waals surface area contributed by atoms with E-state index in [2.05, 4.69) is 32.6 Å². The summed E-state index contributed by atoms with van der Waals surface area (Å²) in [5.41, 5.74) is 0. The quantitative estimate of drug-likeness (QED) is 0.0470. The van der Waals surface area contributed by atoms with Crippen LogP contribution in [0.5, 0.6) is 0 Å². The molecular formula is C48H95NO9. The molecule has 346 valence electrons. The predicted molar refractivity (Wildman–Crippen MR) is 239 cm³/mol. The average Bonchev–Trinajstić information content (AvgIpc) is 3.22. The third kappa shape index (κ3) is 41.1. The first-order valence-corrected chi connectivity index (χ1v) is 24.7. The fourth-order valence-corrected chi connectivity index (χ4v) is 7.22. The molecule has 0 saturated carbocycles. The standard InChI is InChI=1S/C48H95NO9/c1-5-9-13-17-19-25-33-45(31-23-15-11-7-3)57-47(51)55-39-29-21-27-35-49(37-41-53-43-44-54-42-38-50)36-28-22-30-40-56-48(52)58-46(32-24-16-12-8-4)34-26-20-18-14-10-6-2/h45-46,50H,5-44H2,1-4H3. The minimum absolute atomic E-state index is 0.0179. The van der Waals surface area contributed by atoms with Crippen LogP contribution >= 0.6 is 0 Å². The zero-order valence-corrected chi connectivity index (χ0v) is 38.6. The van der Waals surface area contributed by atoms with Gasteiger partial charge in [0, 0.05) is 6.54 Å². The lowest BCUT2D eigenvalue weighted by Gasteiger charge is -2.22. The molecular weight excluding hydrogens is 735 g/mol. The van der Waals surface area contributed by atoms with Crippen molar-refractivity contribution in [2.24, 2.45) is 0 Å². The van der Waals surface area contributed by atoms with Gasteiger partial charge in [-0.3, -0.25) is 0 Å². The molecule has 0 aromatic rings. The van der Waals surface area contributed by atoms with Gasteiger partial charge in [0.05, 0.1) is 46.2 Å². The smallest absolute Gasteiger partial charge is 0.434 e. The van der Waals surface area contributed by atoms with Crippen LogP contribution in [0, 0.1) is 0 Å². The van der Waals surface area contributed by atoms with Gasteiger partial charge in [0.25, 0.3) is 0 Å². The fraction of sp³-hybridized carbons (Fsp3) is 0.958. The Kier molecular flexibility index (Phi) is 45.1. The van der Waals surface area contributed by atoms with E-state index in [1.165, 1.54) is 103 Å². The maximum atomic E-state index is 12.6. The zero-order valence-electron chi connectivity index (χ0n) is 38.6. The number of nitrogens with zero attached hydrogens (tertiary/aromatic N) is 1. The van der Waals surface area contributed by atoms with Crippen LogP contribution in [0.4, 0.5) is 9.59 Å². The van der Waals surface area contributed by atoms with Crippen molar-refractivity contribution in [3.05, 3.63) is 0 Å². The first kappa shape index (κ1) is 56.4. The van der Waals surface area contributed by atoms with Crippen LogP contribution in [0.2, 0.25) is 0 Å². The van der Waals surface area contributed by atoms with Crippen molar-refractivity contribution in [3.63, 3.8) is 0 Å². The zero-order chi connectivity index (χ0) is 42.4. The minimum atomic E-state index is -0.513. The van der Waals surface area contributed by atoms with Gasteiger partial charge in [-0.1, -0.05) is 130 Å². The summed E-state index contributed by atoms with van der Waals surface area (Å²) in [6, 6.07) is 0. The summed E-state index contributed by atoms with van der Waals surface area (Å²) in [5.74, 6) is 0. The second kappa shape index (κ2) is 46.4. The number of hydrogen-bond donors (Lipinski definition) is 1. The number of ether oxygens (including phenoxy) is 6. The molecule has 0 aromatic carbocycles. The Labute approximate surface area is 357 Å². The molecule has 0 aliphatic rings. The van der Waals surface area contributed by atoms with Crippen LogP contribution in [-0.2, 0) is 28.4 Å². The molecule has 58 heavy (non-hydrogen) atoms. The number of unbranched alkanes of at least 4 members (excludes halogenated alkanes) is 20. The van der Waals surface area contributed by atoms with E-state index in [1.54, 1.807) is 0 Å². The summed E-state index contributed by atoms with van der Waals surface area (Å²) in [5, 5.41) is 8.90.